The summed E-state index contributed by atoms with van der Waals surface area (Å²) in [5.41, 5.74) is -10.7. The minimum Gasteiger partial charge on any atom is -0.455 e. The van der Waals surface area contributed by atoms with Crippen molar-refractivity contribution in [1.29, 1.82) is 0 Å². The Labute approximate surface area is 425 Å². The summed E-state index contributed by atoms with van der Waals surface area (Å²) in [6, 6.07) is 16.8. The Balaban J connectivity index is 1.66. The first-order chi connectivity index (χ1) is 33.5. The Bertz CT molecular complexity index is 2390. The van der Waals surface area contributed by atoms with E-state index < -0.39 is 126 Å². The molecular weight excluding hydrogens is 943 g/mol. The molecule has 4 aliphatic rings. The number of rotatable bonds is 16. The summed E-state index contributed by atoms with van der Waals surface area (Å²) in [6.45, 7) is 23.5. The molecule has 1 amide bonds. The molecule has 72 heavy (non-hydrogen) atoms. The minimum atomic E-state index is -2.66. The van der Waals surface area contributed by atoms with Gasteiger partial charge in [-0.05, 0) is 93.9 Å². The van der Waals surface area contributed by atoms with E-state index in [4.69, 9.17) is 32.8 Å². The highest BCUT2D eigenvalue weighted by atomic mass is 28.4. The molecule has 2 bridgehead atoms. The summed E-state index contributed by atoms with van der Waals surface area (Å²) >= 11 is 0. The van der Waals surface area contributed by atoms with Crippen molar-refractivity contribution in [2.24, 2.45) is 22.7 Å². The van der Waals surface area contributed by atoms with E-state index in [1.54, 1.807) is 97.0 Å². The fourth-order valence-corrected chi connectivity index (χ4v) is 15.0. The number of esters is 4. The van der Waals surface area contributed by atoms with Crippen molar-refractivity contribution in [3.63, 3.8) is 0 Å². The maximum atomic E-state index is 16.5. The second-order valence-corrected chi connectivity index (χ2v) is 27.2. The summed E-state index contributed by atoms with van der Waals surface area (Å²) in [4.78, 5) is 87.2. The lowest BCUT2D eigenvalue weighted by Gasteiger charge is -2.68. The van der Waals surface area contributed by atoms with Gasteiger partial charge in [-0.3, -0.25) is 14.4 Å². The number of hydrogen-bond donors (Lipinski definition) is 3. The molecule has 2 aromatic rings. The molecule has 1 saturated heterocycles. The second kappa shape index (κ2) is 20.8. The first kappa shape index (κ1) is 56.4. The average molecular weight is 1020 g/mol. The van der Waals surface area contributed by atoms with Crippen LogP contribution in [0.4, 0.5) is 4.79 Å². The van der Waals surface area contributed by atoms with Crippen LogP contribution in [-0.2, 0) is 57.6 Å². The molecule has 3 fully saturated rings. The molecule has 11 atom stereocenters. The Morgan fingerprint density at radius 1 is 0.875 bits per heavy atom. The number of hydrogen-bond acceptors (Lipinski definition) is 15. The third-order valence-corrected chi connectivity index (χ3v) is 20.8. The van der Waals surface area contributed by atoms with Crippen LogP contribution in [0, 0.1) is 22.7 Å². The van der Waals surface area contributed by atoms with E-state index in [-0.39, 0.29) is 47.6 Å². The lowest BCUT2D eigenvalue weighted by atomic mass is 9.44. The molecule has 0 radical (unpaired) electrons. The van der Waals surface area contributed by atoms with E-state index in [0.29, 0.717) is 18.1 Å². The van der Waals surface area contributed by atoms with Crippen LogP contribution in [0.3, 0.4) is 0 Å². The molecule has 0 spiro atoms. The quantitative estimate of drug-likeness (QED) is 0.0627. The van der Waals surface area contributed by atoms with Crippen molar-refractivity contribution >= 4 is 44.1 Å². The summed E-state index contributed by atoms with van der Waals surface area (Å²) in [5.74, 6) is -5.99. The zero-order chi connectivity index (χ0) is 53.6. The number of Topliss-reactive ketones (excluding diaryl/α,β-unsaturated/α-hetero) is 1. The minimum absolute atomic E-state index is 0.0607. The van der Waals surface area contributed by atoms with Crippen LogP contribution in [0.15, 0.2) is 71.8 Å². The molecule has 0 aromatic heterocycles. The Kier molecular flexibility index (Phi) is 16.2. The van der Waals surface area contributed by atoms with Gasteiger partial charge in [-0.25, -0.2) is 14.4 Å². The third kappa shape index (κ3) is 10.0. The smallest absolute Gasteiger partial charge is 0.407 e. The van der Waals surface area contributed by atoms with Crippen LogP contribution < -0.4 is 5.32 Å². The molecule has 1 aliphatic heterocycles. The van der Waals surface area contributed by atoms with Gasteiger partial charge in [-0.1, -0.05) is 97.0 Å². The molecular formula is C55H77NO15Si. The number of alkyl carbamates (subject to hydrolysis) is 1. The zero-order valence-corrected chi connectivity index (χ0v) is 45.5. The first-order valence-corrected chi connectivity index (χ1v) is 27.9. The summed E-state index contributed by atoms with van der Waals surface area (Å²) in [5, 5.41) is 30.1. The molecule has 2 saturated carbocycles. The predicted octanol–water partition coefficient (Wildman–Crippen LogP) is 8.06. The van der Waals surface area contributed by atoms with Gasteiger partial charge in [0, 0.05) is 32.1 Å². The van der Waals surface area contributed by atoms with E-state index in [0.717, 1.165) is 6.92 Å². The highest BCUT2D eigenvalue weighted by Crippen LogP contribution is 2.65. The Hall–Kier alpha value is -4.94. The SMILES string of the molecule is CC[Si](CC)(CC)O[C@H]1C[C@H]2OC[C@@]2(OC(C)=O)[C@H]2[C@H](OC(=O)c3ccccc3)[C@]3(O)C[C@H](OC(=O)[C@@](O)(c4ccccc4)[C@H](CC(C)C)NC(=O)OC(C)(C)C)C(C)=C([C@@H](OC(C)=O)C(=O)[C@]12C)C3(C)C. The maximum Gasteiger partial charge on any atom is 0.407 e. The fraction of sp³-hybridized carbons (Fsp3) is 0.636. The number of nitrogens with one attached hydrogen (secondary N) is 1. The van der Waals surface area contributed by atoms with Crippen molar-refractivity contribution in [1.82, 2.24) is 5.32 Å². The molecule has 3 N–H and O–H groups in total. The molecule has 1 heterocycles. The van der Waals surface area contributed by atoms with Gasteiger partial charge in [0.25, 0.3) is 0 Å². The first-order valence-electron chi connectivity index (χ1n) is 25.4. The molecule has 6 rings (SSSR count). The summed E-state index contributed by atoms with van der Waals surface area (Å²) in [7, 11) is -2.66. The molecule has 2 aromatic carbocycles. The van der Waals surface area contributed by atoms with Crippen molar-refractivity contribution in [3.8, 4) is 0 Å². The predicted molar refractivity (Wildman–Crippen MR) is 268 cm³/mol. The van der Waals surface area contributed by atoms with Crippen LogP contribution in [0.25, 0.3) is 0 Å². The fourth-order valence-electron chi connectivity index (χ4n) is 12.1. The number of benzene rings is 2. The van der Waals surface area contributed by atoms with Gasteiger partial charge in [-0.15, -0.1) is 0 Å². The van der Waals surface area contributed by atoms with E-state index >= 15 is 9.59 Å². The summed E-state index contributed by atoms with van der Waals surface area (Å²) < 4.78 is 45.0. The second-order valence-electron chi connectivity index (χ2n) is 22.4. The molecule has 396 valence electrons. The van der Waals surface area contributed by atoms with E-state index in [1.807, 2.05) is 34.6 Å². The van der Waals surface area contributed by atoms with Gasteiger partial charge >= 0.3 is 30.0 Å². The van der Waals surface area contributed by atoms with Crippen LogP contribution in [0.5, 0.6) is 0 Å². The monoisotopic (exact) mass is 1020 g/mol. The maximum absolute atomic E-state index is 16.5. The number of ether oxygens (including phenoxy) is 6. The third-order valence-electron chi connectivity index (χ3n) is 16.2. The number of amides is 1. The van der Waals surface area contributed by atoms with Gasteiger partial charge in [0.15, 0.2) is 25.8 Å². The highest BCUT2D eigenvalue weighted by Gasteiger charge is 2.79. The van der Waals surface area contributed by atoms with E-state index in [9.17, 15) is 29.4 Å². The van der Waals surface area contributed by atoms with Gasteiger partial charge in [-0.2, -0.15) is 0 Å². The molecule has 17 heteroatoms. The van der Waals surface area contributed by atoms with Crippen molar-refractivity contribution < 1.29 is 71.8 Å². The number of fused-ring (bicyclic) bond motifs is 5. The largest absolute Gasteiger partial charge is 0.455 e. The van der Waals surface area contributed by atoms with Crippen LogP contribution in [0.1, 0.15) is 132 Å². The molecule has 16 nitrogen and oxygen atoms in total. The lowest BCUT2D eigenvalue weighted by Crippen LogP contribution is -2.82. The van der Waals surface area contributed by atoms with Crippen molar-refractivity contribution in [2.45, 2.75) is 193 Å². The summed E-state index contributed by atoms with van der Waals surface area (Å²) in [6.07, 6.45) is -8.26. The number of carbonyl (C=O) groups excluding carboxylic acids is 6. The van der Waals surface area contributed by atoms with Crippen molar-refractivity contribution in [3.05, 3.63) is 82.9 Å². The van der Waals surface area contributed by atoms with Gasteiger partial charge < -0.3 is 48.4 Å². The van der Waals surface area contributed by atoms with Crippen molar-refractivity contribution in [2.75, 3.05) is 6.61 Å². The number of carbonyl (C=O) groups is 6. The van der Waals surface area contributed by atoms with Gasteiger partial charge in [0.1, 0.15) is 29.5 Å². The normalized spacial score (nSPS) is 30.2. The van der Waals surface area contributed by atoms with E-state index in [2.05, 4.69) is 5.32 Å². The number of ketones is 1. The van der Waals surface area contributed by atoms with Crippen LogP contribution >= 0.6 is 0 Å². The zero-order valence-electron chi connectivity index (χ0n) is 44.5. The van der Waals surface area contributed by atoms with Gasteiger partial charge in [0.05, 0.1) is 35.6 Å². The van der Waals surface area contributed by atoms with Crippen LogP contribution in [0.2, 0.25) is 18.1 Å². The van der Waals surface area contributed by atoms with E-state index in [1.165, 1.54) is 19.1 Å². The Morgan fingerprint density at radius 2 is 1.46 bits per heavy atom. The Morgan fingerprint density at radius 3 is 1.96 bits per heavy atom. The van der Waals surface area contributed by atoms with Crippen LogP contribution in [-0.4, -0.2) is 114 Å². The molecule has 3 aliphatic carbocycles. The van der Waals surface area contributed by atoms with Gasteiger partial charge in [0.2, 0.25) is 5.60 Å². The average Bonchev–Trinajstić information content (AvgIpc) is 3.30. The lowest BCUT2D eigenvalue weighted by molar-refractivity contribution is -0.344. The highest BCUT2D eigenvalue weighted by molar-refractivity contribution is 6.73. The molecule has 0 unspecified atom stereocenters. The number of aliphatic hydroxyl groups is 2. The topological polar surface area (TPSA) is 220 Å². The standard InChI is InChI=1S/C55H77NO15Si/c1-15-72(16-2,17-3)71-40-29-41-53(31-65-41,69-35(8)58)44-46(68-47(60)36-24-20-18-21-25-36)54(63)30-38(33(6)42(51(54,12)13)43(66-34(7)57)45(59)52(40,44)14)67-48(61)55(64,37-26-22-19-23-27-37)39(28-32(4)5)56-49(62)70-50(9,10)11/h18-27,32,38-41,43-44,46,63-64H,15-17,28-31H2,1-14H3,(H,56,62)/t38-,39-,40-,41+,43+,44-,46-,52+,53-,54+,55+/m0/s1.